The molecule has 0 bridgehead atoms. The molecule has 2 nitrogen and oxygen atoms in total. The largest absolute Gasteiger partial charge is 0.309 e. The van der Waals surface area contributed by atoms with Crippen molar-refractivity contribution in [3.05, 3.63) is 447 Å². The van der Waals surface area contributed by atoms with Crippen LogP contribution in [0, 0.1) is 0 Å². The van der Waals surface area contributed by atoms with Crippen molar-refractivity contribution in [3.63, 3.8) is 0 Å². The molecule has 0 fully saturated rings. The number of aryl methyl sites for hydroxylation is 1. The van der Waals surface area contributed by atoms with Crippen molar-refractivity contribution in [2.45, 2.75) is 44.9 Å². The highest BCUT2D eigenvalue weighted by Crippen LogP contribution is 2.53. The first-order valence-electron chi connectivity index (χ1n) is 45.3. The van der Waals surface area contributed by atoms with Crippen LogP contribution in [0.3, 0.4) is 0 Å². The van der Waals surface area contributed by atoms with Gasteiger partial charge in [0, 0.05) is 78.7 Å². The quantitative estimate of drug-likeness (QED) is 0.121. The highest BCUT2D eigenvalue weighted by Gasteiger charge is 2.36. The Morgan fingerprint density at radius 1 is 0.209 bits per heavy atom. The zero-order chi connectivity index (χ0) is 85.1. The summed E-state index contributed by atoms with van der Waals surface area (Å²) in [7, 11) is 0. The van der Waals surface area contributed by atoms with E-state index in [0.717, 1.165) is 17.8 Å². The highest BCUT2D eigenvalue weighted by molar-refractivity contribution is 7.26. The standard InChI is InChI=1S/C65H43NS.C60H41NS/c1-65(2)57-25-12-10-17-47(57)48-34-29-43(39-58(48)65)42-30-35-59-55(37-42)56-38-44(46-23-14-24-54-49-18-11-13-26-61(49)67-64(46)54)31-36-60(56)66(59)45-32-27-41(28-33-45)63-52-21-8-6-19-50(52)62(40-15-4-3-5-16-40)51-20-7-9-22-53(51)63;1-2-15-39(16-3-1)58-48-20-6-8-22-50(48)59(51-23-9-7-21-49(51)58)40-28-32-43(33-29-40)61-55-34-30-41(45-24-12-17-38-14-4-5-18-44(38)45)36-53(55)54-37-42(31-35-56(54)61)46-25-13-26-52-47-19-10-11-27-57(47)62-60(46)52/h3-39H,1-2H3;1-3,6-13,15-17,19-37H,4-5,14,18H2. The van der Waals surface area contributed by atoms with Crippen molar-refractivity contribution in [2.24, 2.45) is 0 Å². The van der Waals surface area contributed by atoms with Gasteiger partial charge >= 0.3 is 0 Å². The molecular weight excluding hydrogens is 1590 g/mol. The molecule has 0 aliphatic heterocycles. The number of hydrogen-bond acceptors (Lipinski definition) is 2. The first-order valence-corrected chi connectivity index (χ1v) is 46.9. The fourth-order valence-corrected chi connectivity index (χ4v) is 24.9. The smallest absolute Gasteiger partial charge is 0.0541 e. The summed E-state index contributed by atoms with van der Waals surface area (Å²) < 4.78 is 10.3. The summed E-state index contributed by atoms with van der Waals surface area (Å²) in [5, 5.41) is 20.5. The number of thiophene rings is 2. The minimum atomic E-state index is -0.0702. The summed E-state index contributed by atoms with van der Waals surface area (Å²) in [6.45, 7) is 4.74. The van der Waals surface area contributed by atoms with E-state index < -0.39 is 0 Å². The van der Waals surface area contributed by atoms with E-state index in [1.54, 1.807) is 0 Å². The van der Waals surface area contributed by atoms with Crippen LogP contribution >= 0.6 is 22.7 Å². The number of rotatable bonds is 10. The van der Waals surface area contributed by atoms with Gasteiger partial charge in [0.15, 0.2) is 0 Å². The third-order valence-corrected chi connectivity index (χ3v) is 30.8. The highest BCUT2D eigenvalue weighted by atomic mass is 32.1. The predicted molar refractivity (Wildman–Crippen MR) is 555 cm³/mol. The third-order valence-electron chi connectivity index (χ3n) is 28.4. The Labute approximate surface area is 756 Å². The summed E-state index contributed by atoms with van der Waals surface area (Å²) in [6, 6.07) is 159. The molecule has 0 N–H and O–H groups in total. The van der Waals surface area contributed by atoms with Gasteiger partial charge in [0.1, 0.15) is 0 Å². The van der Waals surface area contributed by atoms with Gasteiger partial charge in [-0.3, -0.25) is 0 Å². The Hall–Kier alpha value is -15.3. The molecule has 4 aromatic heterocycles. The molecule has 2 aliphatic rings. The van der Waals surface area contributed by atoms with Crippen molar-refractivity contribution in [3.8, 4) is 112 Å². The molecule has 0 spiro atoms. The first-order chi connectivity index (χ1) is 63.8. The average molecular weight is 1680 g/mol. The van der Waals surface area contributed by atoms with Gasteiger partial charge in [-0.25, -0.2) is 0 Å². The third kappa shape index (κ3) is 12.0. The SMILES string of the molecule is CC1(C)c2ccccc2-c2ccc(-c3ccc4c(c3)c3cc(-c5cccc6c5sc5ccccc56)ccc3n4-c3ccc(-c4c5ccccc5c(-c5ccccc5)c5ccccc45)cc3)cc21.c1ccc(-c2c3ccccc3c(-c3ccc(-n4c5ccc(-c6cccc7c6CCCC7)cc5c5cc(-c6cccc7c6sc6ccccc67)ccc54)cc3)c3ccccc23)cc1. The lowest BCUT2D eigenvalue weighted by Crippen LogP contribution is -2.14. The number of fused-ring (bicyclic) bond motifs is 20. The van der Waals surface area contributed by atoms with Gasteiger partial charge < -0.3 is 9.13 Å². The van der Waals surface area contributed by atoms with Crippen molar-refractivity contribution < 1.29 is 0 Å². The fraction of sp³-hybridized carbons (Fsp3) is 0.0560. The molecule has 4 heteroatoms. The van der Waals surface area contributed by atoms with Crippen LogP contribution in [0.5, 0.6) is 0 Å². The predicted octanol–water partition coefficient (Wildman–Crippen LogP) is 35.4. The molecule has 0 radical (unpaired) electrons. The Kier molecular flexibility index (Phi) is 17.4. The van der Waals surface area contributed by atoms with Crippen molar-refractivity contribution >= 4 is 150 Å². The molecule has 4 heterocycles. The van der Waals surface area contributed by atoms with E-state index in [1.807, 2.05) is 22.7 Å². The molecule has 129 heavy (non-hydrogen) atoms. The molecule has 2 aliphatic carbocycles. The van der Waals surface area contributed by atoms with Crippen molar-refractivity contribution in [2.75, 3.05) is 0 Å². The van der Waals surface area contributed by atoms with Gasteiger partial charge in [-0.1, -0.05) is 347 Å². The zero-order valence-corrected chi connectivity index (χ0v) is 73.1. The Balaban J connectivity index is 0.000000137. The molecule has 0 unspecified atom stereocenters. The Bertz CT molecular complexity index is 8830. The topological polar surface area (TPSA) is 9.86 Å². The number of benzene rings is 21. The van der Waals surface area contributed by atoms with Crippen LogP contribution in [-0.4, -0.2) is 9.13 Å². The molecule has 27 rings (SSSR count). The minimum absolute atomic E-state index is 0.0702. The molecule has 21 aromatic carbocycles. The van der Waals surface area contributed by atoms with Crippen LogP contribution in [0.4, 0.5) is 0 Å². The average Bonchev–Trinajstić information content (AvgIpc) is 1.55. The molecule has 0 saturated heterocycles. The maximum atomic E-state index is 2.48. The summed E-state index contributed by atoms with van der Waals surface area (Å²) in [5.41, 5.74) is 35.9. The van der Waals surface area contributed by atoms with Crippen LogP contribution in [0.15, 0.2) is 425 Å². The lowest BCUT2D eigenvalue weighted by atomic mass is 9.81. The molecule has 25 aromatic rings. The Morgan fingerprint density at radius 3 is 0.969 bits per heavy atom. The van der Waals surface area contributed by atoms with E-state index in [2.05, 4.69) is 448 Å². The van der Waals surface area contributed by atoms with Gasteiger partial charge in [0.2, 0.25) is 0 Å². The van der Waals surface area contributed by atoms with E-state index in [9.17, 15) is 0 Å². The van der Waals surface area contributed by atoms with Crippen LogP contribution < -0.4 is 0 Å². The van der Waals surface area contributed by atoms with E-state index in [-0.39, 0.29) is 5.41 Å². The second-order valence-electron chi connectivity index (χ2n) is 35.7. The van der Waals surface area contributed by atoms with Gasteiger partial charge in [0.05, 0.1) is 22.1 Å². The second-order valence-corrected chi connectivity index (χ2v) is 37.9. The van der Waals surface area contributed by atoms with Crippen LogP contribution in [0.1, 0.15) is 48.9 Å². The Morgan fingerprint density at radius 2 is 0.519 bits per heavy atom. The maximum Gasteiger partial charge on any atom is 0.0541 e. The van der Waals surface area contributed by atoms with Crippen molar-refractivity contribution in [1.29, 1.82) is 0 Å². The molecule has 0 amide bonds. The summed E-state index contributed by atoms with van der Waals surface area (Å²) >= 11 is 3.80. The molecule has 606 valence electrons. The number of nitrogens with zero attached hydrogens (tertiary/aromatic N) is 2. The summed E-state index contributed by atoms with van der Waals surface area (Å²) in [5.74, 6) is 0. The monoisotopic (exact) mass is 1680 g/mol. The van der Waals surface area contributed by atoms with E-state index >= 15 is 0 Å². The second kappa shape index (κ2) is 29.9. The molecule has 0 atom stereocenters. The van der Waals surface area contributed by atoms with E-state index in [4.69, 9.17) is 0 Å². The summed E-state index contributed by atoms with van der Waals surface area (Å²) in [6.07, 6.45) is 4.87. The molecular formula is C125H84N2S2. The fourth-order valence-electron chi connectivity index (χ4n) is 22.4. The normalized spacial score (nSPS) is 13.0. The van der Waals surface area contributed by atoms with Gasteiger partial charge in [-0.05, 0) is 282 Å². The van der Waals surface area contributed by atoms with Crippen molar-refractivity contribution in [1.82, 2.24) is 9.13 Å². The van der Waals surface area contributed by atoms with Gasteiger partial charge in [-0.15, -0.1) is 22.7 Å². The maximum absolute atomic E-state index is 2.48. The van der Waals surface area contributed by atoms with Gasteiger partial charge in [-0.2, -0.15) is 0 Å². The number of hydrogen-bond donors (Lipinski definition) is 0. The van der Waals surface area contributed by atoms with Crippen LogP contribution in [-0.2, 0) is 18.3 Å². The lowest BCUT2D eigenvalue weighted by molar-refractivity contribution is 0.660. The summed E-state index contributed by atoms with van der Waals surface area (Å²) in [4.78, 5) is 0. The van der Waals surface area contributed by atoms with Crippen LogP contribution in [0.25, 0.3) is 239 Å². The van der Waals surface area contributed by atoms with Gasteiger partial charge in [0.25, 0.3) is 0 Å². The first kappa shape index (κ1) is 75.1. The van der Waals surface area contributed by atoms with Crippen LogP contribution in [0.2, 0.25) is 0 Å². The lowest BCUT2D eigenvalue weighted by Gasteiger charge is -2.22. The zero-order valence-electron chi connectivity index (χ0n) is 71.5. The number of aromatic nitrogens is 2. The minimum Gasteiger partial charge on any atom is -0.309 e. The van der Waals surface area contributed by atoms with E-state index in [1.165, 1.54) is 269 Å². The molecule has 0 saturated carbocycles. The van der Waals surface area contributed by atoms with E-state index in [0.29, 0.717) is 0 Å².